The van der Waals surface area contributed by atoms with Gasteiger partial charge in [-0.15, -0.1) is 0 Å². The number of rotatable bonds is 2. The van der Waals surface area contributed by atoms with Crippen LogP contribution in [0.2, 0.25) is 0 Å². The molecular weight excluding hydrogens is 365 g/mol. The van der Waals surface area contributed by atoms with E-state index in [4.69, 9.17) is 12.3 Å². The van der Waals surface area contributed by atoms with Gasteiger partial charge in [0.15, 0.2) is 5.58 Å². The Bertz CT molecular complexity index is 1480. The fourth-order valence-electron chi connectivity index (χ4n) is 4.24. The van der Waals surface area contributed by atoms with Gasteiger partial charge in [-0.2, -0.15) is 0 Å². The monoisotopic (exact) mass is 381 g/mol. The van der Waals surface area contributed by atoms with Gasteiger partial charge in [0.05, 0.1) is 0 Å². The van der Waals surface area contributed by atoms with Gasteiger partial charge in [0, 0.05) is 5.56 Å². The molecule has 2 radical (unpaired) electrons. The number of benzene rings is 5. The van der Waals surface area contributed by atoms with Crippen molar-refractivity contribution < 1.29 is 4.42 Å². The number of aromatic nitrogens is 1. The third-order valence-electron chi connectivity index (χ3n) is 5.56. The average Bonchev–Trinajstić information content (AvgIpc) is 3.21. The van der Waals surface area contributed by atoms with Gasteiger partial charge in [-0.05, 0) is 56.9 Å². The minimum atomic E-state index is 0.578. The van der Waals surface area contributed by atoms with Gasteiger partial charge in [-0.1, -0.05) is 78.3 Å². The van der Waals surface area contributed by atoms with Crippen LogP contribution in [0, 0.1) is 0 Å². The smallest absolute Gasteiger partial charge is 0.227 e. The predicted octanol–water partition coefficient (Wildman–Crippen LogP) is 6.26. The summed E-state index contributed by atoms with van der Waals surface area (Å²) in [5, 5.41) is 4.81. The molecule has 0 unspecified atom stereocenters. The lowest BCUT2D eigenvalue weighted by molar-refractivity contribution is 0.620. The van der Waals surface area contributed by atoms with Crippen LogP contribution >= 0.6 is 0 Å². The largest absolute Gasteiger partial charge is 0.436 e. The molecule has 0 atom stereocenters. The third kappa shape index (κ3) is 2.71. The highest BCUT2D eigenvalue weighted by Gasteiger charge is 2.14. The molecule has 6 rings (SSSR count). The Labute approximate surface area is 175 Å². The van der Waals surface area contributed by atoms with Crippen molar-refractivity contribution in [3.05, 3.63) is 97.1 Å². The normalized spacial score (nSPS) is 11.5. The molecule has 0 saturated heterocycles. The standard InChI is InChI=1S/C27H16BNO/c28-21-15-19(14-20(16-21)27-29-24-11-5-6-12-25(24)30-27)26-22-9-3-1-7-17(22)13-18-8-2-4-10-23(18)26/h1-16H. The van der Waals surface area contributed by atoms with E-state index in [0.717, 1.165) is 22.2 Å². The second-order valence-electron chi connectivity index (χ2n) is 7.52. The molecule has 30 heavy (non-hydrogen) atoms. The van der Waals surface area contributed by atoms with Crippen molar-refractivity contribution >= 4 is 46.0 Å². The Balaban J connectivity index is 1.65. The number of para-hydroxylation sites is 2. The van der Waals surface area contributed by atoms with Crippen LogP contribution in [0.15, 0.2) is 101 Å². The topological polar surface area (TPSA) is 26.0 Å². The second-order valence-corrected chi connectivity index (χ2v) is 7.52. The SMILES string of the molecule is [B]c1cc(-c2nc3ccccc3o2)cc(-c2c3ccccc3cc3ccccc23)c1. The molecule has 0 N–H and O–H groups in total. The molecule has 6 aromatic rings. The van der Waals surface area contributed by atoms with Gasteiger partial charge >= 0.3 is 0 Å². The van der Waals surface area contributed by atoms with Gasteiger partial charge < -0.3 is 4.42 Å². The second kappa shape index (κ2) is 6.60. The van der Waals surface area contributed by atoms with Crippen LogP contribution in [-0.2, 0) is 0 Å². The van der Waals surface area contributed by atoms with E-state index < -0.39 is 0 Å². The van der Waals surface area contributed by atoms with Crippen molar-refractivity contribution in [1.82, 2.24) is 4.98 Å². The van der Waals surface area contributed by atoms with E-state index in [9.17, 15) is 0 Å². The van der Waals surface area contributed by atoms with Crippen LogP contribution in [0.25, 0.3) is 55.2 Å². The molecule has 0 aliphatic rings. The maximum absolute atomic E-state index is 6.35. The Hall–Kier alpha value is -3.85. The van der Waals surface area contributed by atoms with Crippen LogP contribution in [0.3, 0.4) is 0 Å². The predicted molar refractivity (Wildman–Crippen MR) is 125 cm³/mol. The zero-order chi connectivity index (χ0) is 20.1. The molecule has 1 aromatic heterocycles. The number of oxazole rings is 1. The maximum Gasteiger partial charge on any atom is 0.227 e. The van der Waals surface area contributed by atoms with E-state index in [1.165, 1.54) is 27.1 Å². The van der Waals surface area contributed by atoms with Crippen molar-refractivity contribution in [3.63, 3.8) is 0 Å². The van der Waals surface area contributed by atoms with Crippen LogP contribution in [0.5, 0.6) is 0 Å². The first-order valence-corrected chi connectivity index (χ1v) is 9.94. The number of hydrogen-bond acceptors (Lipinski definition) is 2. The Morgan fingerprint density at radius 3 is 2.00 bits per heavy atom. The molecule has 138 valence electrons. The quantitative estimate of drug-likeness (QED) is 0.261. The van der Waals surface area contributed by atoms with Crippen molar-refractivity contribution in [3.8, 4) is 22.6 Å². The van der Waals surface area contributed by atoms with Crippen molar-refractivity contribution in [2.24, 2.45) is 0 Å². The molecule has 0 aliphatic heterocycles. The summed E-state index contributed by atoms with van der Waals surface area (Å²) >= 11 is 0. The Kier molecular flexibility index (Phi) is 3.75. The van der Waals surface area contributed by atoms with E-state index in [1.54, 1.807) is 0 Å². The summed E-state index contributed by atoms with van der Waals surface area (Å²) < 4.78 is 6.01. The molecule has 0 bridgehead atoms. The van der Waals surface area contributed by atoms with Gasteiger partial charge in [-0.3, -0.25) is 0 Å². The molecular formula is C27H16BNO. The van der Waals surface area contributed by atoms with Crippen LogP contribution in [-0.4, -0.2) is 12.8 Å². The number of hydrogen-bond donors (Lipinski definition) is 0. The molecule has 3 heteroatoms. The van der Waals surface area contributed by atoms with Crippen molar-refractivity contribution in [2.75, 3.05) is 0 Å². The number of fused-ring (bicyclic) bond motifs is 3. The van der Waals surface area contributed by atoms with Crippen LogP contribution in [0.4, 0.5) is 0 Å². The zero-order valence-corrected chi connectivity index (χ0v) is 16.2. The molecule has 0 amide bonds. The lowest BCUT2D eigenvalue weighted by Gasteiger charge is -2.13. The van der Waals surface area contributed by atoms with E-state index >= 15 is 0 Å². The zero-order valence-electron chi connectivity index (χ0n) is 16.2. The van der Waals surface area contributed by atoms with Gasteiger partial charge in [0.25, 0.3) is 0 Å². The summed E-state index contributed by atoms with van der Waals surface area (Å²) in [6.07, 6.45) is 0. The van der Waals surface area contributed by atoms with E-state index in [-0.39, 0.29) is 0 Å². The first kappa shape index (κ1) is 17.1. The molecule has 5 aromatic carbocycles. The average molecular weight is 381 g/mol. The van der Waals surface area contributed by atoms with Gasteiger partial charge in [0.1, 0.15) is 13.4 Å². The summed E-state index contributed by atoms with van der Waals surface area (Å²) in [4.78, 5) is 4.66. The van der Waals surface area contributed by atoms with E-state index in [2.05, 4.69) is 65.6 Å². The summed E-state index contributed by atoms with van der Waals surface area (Å²) in [6, 6.07) is 33.0. The van der Waals surface area contributed by atoms with Crippen LogP contribution < -0.4 is 5.46 Å². The summed E-state index contributed by atoms with van der Waals surface area (Å²) in [7, 11) is 6.35. The lowest BCUT2D eigenvalue weighted by atomic mass is 9.86. The maximum atomic E-state index is 6.35. The highest BCUT2D eigenvalue weighted by atomic mass is 16.3. The summed E-state index contributed by atoms with van der Waals surface area (Å²) in [6.45, 7) is 0. The third-order valence-corrected chi connectivity index (χ3v) is 5.56. The first-order chi connectivity index (χ1) is 14.8. The minimum absolute atomic E-state index is 0.578. The minimum Gasteiger partial charge on any atom is -0.436 e. The number of nitrogens with zero attached hydrogens (tertiary/aromatic N) is 1. The fraction of sp³-hybridized carbons (Fsp3) is 0. The van der Waals surface area contributed by atoms with Gasteiger partial charge in [0.2, 0.25) is 5.89 Å². The van der Waals surface area contributed by atoms with E-state index in [0.29, 0.717) is 11.4 Å². The summed E-state index contributed by atoms with van der Waals surface area (Å²) in [5.41, 5.74) is 5.40. The Morgan fingerprint density at radius 1 is 0.633 bits per heavy atom. The molecule has 0 fully saturated rings. The molecule has 0 aliphatic carbocycles. The molecule has 2 nitrogen and oxygen atoms in total. The molecule has 0 spiro atoms. The first-order valence-electron chi connectivity index (χ1n) is 9.94. The van der Waals surface area contributed by atoms with E-state index in [1.807, 2.05) is 36.4 Å². The highest BCUT2D eigenvalue weighted by molar-refractivity contribution is 6.33. The lowest BCUT2D eigenvalue weighted by Crippen LogP contribution is -2.03. The molecule has 1 heterocycles. The van der Waals surface area contributed by atoms with Crippen molar-refractivity contribution in [2.45, 2.75) is 0 Å². The Morgan fingerprint density at radius 2 is 1.27 bits per heavy atom. The summed E-state index contributed by atoms with van der Waals surface area (Å²) in [5.74, 6) is 0.578. The van der Waals surface area contributed by atoms with Gasteiger partial charge in [-0.25, -0.2) is 4.98 Å². The van der Waals surface area contributed by atoms with Crippen molar-refractivity contribution in [1.29, 1.82) is 0 Å². The fourth-order valence-corrected chi connectivity index (χ4v) is 4.24. The molecule has 0 saturated carbocycles. The van der Waals surface area contributed by atoms with Crippen LogP contribution in [0.1, 0.15) is 0 Å². The highest BCUT2D eigenvalue weighted by Crippen LogP contribution is 2.37.